The van der Waals surface area contributed by atoms with Crippen molar-refractivity contribution < 1.29 is 9.32 Å². The van der Waals surface area contributed by atoms with Crippen molar-refractivity contribution in [2.45, 2.75) is 33.2 Å². The first-order chi connectivity index (χ1) is 13.5. The van der Waals surface area contributed by atoms with Gasteiger partial charge in [0.25, 0.3) is 11.8 Å². The van der Waals surface area contributed by atoms with Crippen LogP contribution in [-0.2, 0) is 6.54 Å². The first-order valence-electron chi connectivity index (χ1n) is 9.05. The van der Waals surface area contributed by atoms with E-state index in [2.05, 4.69) is 25.7 Å². The van der Waals surface area contributed by atoms with E-state index >= 15 is 0 Å². The summed E-state index contributed by atoms with van der Waals surface area (Å²) < 4.78 is 7.20. The summed E-state index contributed by atoms with van der Waals surface area (Å²) in [5, 5.41) is 15.4. The molecule has 8 nitrogen and oxygen atoms in total. The third-order valence-electron chi connectivity index (χ3n) is 4.49. The first kappa shape index (κ1) is 17.8. The Labute approximate surface area is 161 Å². The van der Waals surface area contributed by atoms with Crippen LogP contribution in [0.5, 0.6) is 0 Å². The Morgan fingerprint density at radius 3 is 2.75 bits per heavy atom. The van der Waals surface area contributed by atoms with Gasteiger partial charge in [-0.1, -0.05) is 37.2 Å². The number of hydrogen-bond acceptors (Lipinski definition) is 6. The molecule has 0 spiro atoms. The van der Waals surface area contributed by atoms with Crippen molar-refractivity contribution in [1.29, 1.82) is 0 Å². The van der Waals surface area contributed by atoms with Crippen molar-refractivity contribution in [1.82, 2.24) is 30.1 Å². The lowest BCUT2D eigenvalue weighted by Crippen LogP contribution is -2.24. The van der Waals surface area contributed by atoms with Crippen LogP contribution in [0.25, 0.3) is 17.1 Å². The second-order valence-corrected chi connectivity index (χ2v) is 6.84. The Kier molecular flexibility index (Phi) is 4.60. The van der Waals surface area contributed by atoms with Crippen LogP contribution in [0.2, 0.25) is 0 Å². The molecule has 0 radical (unpaired) electrons. The Balaban J connectivity index is 1.60. The van der Waals surface area contributed by atoms with Gasteiger partial charge in [-0.15, -0.1) is 10.2 Å². The lowest BCUT2D eigenvalue weighted by atomic mass is 10.1. The zero-order chi connectivity index (χ0) is 19.7. The van der Waals surface area contributed by atoms with Crippen LogP contribution < -0.4 is 5.32 Å². The number of aromatic nitrogens is 5. The molecule has 0 unspecified atom stereocenters. The van der Waals surface area contributed by atoms with Gasteiger partial charge in [-0.05, 0) is 30.7 Å². The van der Waals surface area contributed by atoms with E-state index in [0.29, 0.717) is 34.3 Å². The number of carbonyl (C=O) groups is 1. The number of fused-ring (bicyclic) bond motifs is 1. The minimum Gasteiger partial charge on any atom is -0.345 e. The van der Waals surface area contributed by atoms with Gasteiger partial charge in [0.15, 0.2) is 17.3 Å². The lowest BCUT2D eigenvalue weighted by molar-refractivity contribution is 0.0949. The molecular formula is C20H20N6O2. The maximum absolute atomic E-state index is 12.4. The normalized spacial score (nSPS) is 11.3. The van der Waals surface area contributed by atoms with Crippen molar-refractivity contribution in [3.63, 3.8) is 0 Å². The van der Waals surface area contributed by atoms with Crippen LogP contribution in [0.15, 0.2) is 47.1 Å². The van der Waals surface area contributed by atoms with Crippen molar-refractivity contribution in [2.75, 3.05) is 0 Å². The molecule has 4 rings (SSSR count). The molecule has 1 amide bonds. The molecule has 28 heavy (non-hydrogen) atoms. The number of amides is 1. The predicted octanol–water partition coefficient (Wildman–Crippen LogP) is 3.14. The largest absolute Gasteiger partial charge is 0.345 e. The second-order valence-electron chi connectivity index (χ2n) is 6.84. The van der Waals surface area contributed by atoms with Crippen LogP contribution in [0.1, 0.15) is 47.3 Å². The van der Waals surface area contributed by atoms with Crippen LogP contribution in [0.4, 0.5) is 0 Å². The van der Waals surface area contributed by atoms with E-state index in [1.807, 2.05) is 61.7 Å². The molecule has 0 bridgehead atoms. The van der Waals surface area contributed by atoms with Gasteiger partial charge in [-0.3, -0.25) is 9.20 Å². The third kappa shape index (κ3) is 3.24. The highest BCUT2D eigenvalue weighted by molar-refractivity contribution is 5.95. The van der Waals surface area contributed by atoms with Gasteiger partial charge in [0.05, 0.1) is 12.1 Å². The van der Waals surface area contributed by atoms with Crippen molar-refractivity contribution >= 4 is 11.6 Å². The topological polar surface area (TPSA) is 98.2 Å². The smallest absolute Gasteiger partial charge is 0.261 e. The van der Waals surface area contributed by atoms with E-state index in [9.17, 15) is 4.79 Å². The summed E-state index contributed by atoms with van der Waals surface area (Å²) in [4.78, 5) is 16.9. The molecule has 1 N–H and O–H groups in total. The maximum Gasteiger partial charge on any atom is 0.261 e. The first-order valence-corrected chi connectivity index (χ1v) is 9.05. The Hall–Kier alpha value is -3.55. The summed E-state index contributed by atoms with van der Waals surface area (Å²) in [6, 6.07) is 11.2. The highest BCUT2D eigenvalue weighted by Crippen LogP contribution is 2.24. The SMILES string of the molecule is Cc1ccccc1C(=O)NCc1nnc2c(-c3nc(C(C)C)no3)cccn12. The van der Waals surface area contributed by atoms with E-state index in [1.54, 1.807) is 6.07 Å². The minimum atomic E-state index is -0.149. The van der Waals surface area contributed by atoms with E-state index in [0.717, 1.165) is 5.56 Å². The fourth-order valence-corrected chi connectivity index (χ4v) is 2.91. The number of hydrogen-bond donors (Lipinski definition) is 1. The number of nitrogens with one attached hydrogen (secondary N) is 1. The zero-order valence-corrected chi connectivity index (χ0v) is 15.9. The molecule has 0 aliphatic heterocycles. The number of rotatable bonds is 5. The van der Waals surface area contributed by atoms with Gasteiger partial charge in [-0.25, -0.2) is 0 Å². The Morgan fingerprint density at radius 2 is 2.00 bits per heavy atom. The van der Waals surface area contributed by atoms with E-state index in [1.165, 1.54) is 0 Å². The van der Waals surface area contributed by atoms with Crippen LogP contribution in [0, 0.1) is 6.92 Å². The van der Waals surface area contributed by atoms with Crippen molar-refractivity contribution in [2.24, 2.45) is 0 Å². The van der Waals surface area contributed by atoms with E-state index in [4.69, 9.17) is 4.52 Å². The maximum atomic E-state index is 12.4. The Morgan fingerprint density at radius 1 is 1.18 bits per heavy atom. The summed E-state index contributed by atoms with van der Waals surface area (Å²) in [6.07, 6.45) is 1.84. The summed E-state index contributed by atoms with van der Waals surface area (Å²) in [5.74, 6) is 1.67. The molecular weight excluding hydrogens is 356 g/mol. The zero-order valence-electron chi connectivity index (χ0n) is 15.9. The van der Waals surface area contributed by atoms with Crippen molar-refractivity contribution in [3.8, 4) is 11.5 Å². The number of nitrogens with zero attached hydrogens (tertiary/aromatic N) is 5. The monoisotopic (exact) mass is 376 g/mol. The highest BCUT2D eigenvalue weighted by Gasteiger charge is 2.17. The summed E-state index contributed by atoms with van der Waals surface area (Å²) >= 11 is 0. The van der Waals surface area contributed by atoms with Gasteiger partial charge in [0.2, 0.25) is 0 Å². The Bertz CT molecular complexity index is 1140. The highest BCUT2D eigenvalue weighted by atomic mass is 16.5. The third-order valence-corrected chi connectivity index (χ3v) is 4.49. The fourth-order valence-electron chi connectivity index (χ4n) is 2.91. The molecule has 0 aliphatic carbocycles. The number of carbonyl (C=O) groups excluding carboxylic acids is 1. The van der Waals surface area contributed by atoms with Crippen molar-refractivity contribution in [3.05, 3.63) is 65.4 Å². The molecule has 0 atom stereocenters. The molecule has 3 heterocycles. The number of benzene rings is 1. The molecule has 142 valence electrons. The van der Waals surface area contributed by atoms with Gasteiger partial charge in [0, 0.05) is 17.7 Å². The van der Waals surface area contributed by atoms with Gasteiger partial charge in [0.1, 0.15) is 0 Å². The van der Waals surface area contributed by atoms with Crippen LogP contribution in [-0.4, -0.2) is 30.6 Å². The minimum absolute atomic E-state index is 0.149. The summed E-state index contributed by atoms with van der Waals surface area (Å²) in [5.41, 5.74) is 2.86. The molecule has 0 aliphatic rings. The second kappa shape index (κ2) is 7.22. The number of aryl methyl sites for hydroxylation is 1. The van der Waals surface area contributed by atoms with E-state index < -0.39 is 0 Å². The summed E-state index contributed by atoms with van der Waals surface area (Å²) in [7, 11) is 0. The van der Waals surface area contributed by atoms with Gasteiger partial charge < -0.3 is 9.84 Å². The van der Waals surface area contributed by atoms with Gasteiger partial charge in [-0.2, -0.15) is 4.98 Å². The number of pyridine rings is 1. The molecule has 8 heteroatoms. The average Bonchev–Trinajstić information content (AvgIpc) is 3.34. The average molecular weight is 376 g/mol. The fraction of sp³-hybridized carbons (Fsp3) is 0.250. The quantitative estimate of drug-likeness (QED) is 0.575. The molecule has 1 aromatic carbocycles. The summed E-state index contributed by atoms with van der Waals surface area (Å²) in [6.45, 7) is 6.16. The lowest BCUT2D eigenvalue weighted by Gasteiger charge is -2.07. The molecule has 0 fully saturated rings. The predicted molar refractivity (Wildman–Crippen MR) is 103 cm³/mol. The molecule has 0 saturated carbocycles. The van der Waals surface area contributed by atoms with Crippen LogP contribution >= 0.6 is 0 Å². The van der Waals surface area contributed by atoms with Gasteiger partial charge >= 0.3 is 0 Å². The van der Waals surface area contributed by atoms with E-state index in [-0.39, 0.29) is 18.4 Å². The molecule has 4 aromatic rings. The molecule has 0 saturated heterocycles. The standard InChI is InChI=1S/C20H20N6O2/c1-12(2)17-22-20(28-25-17)15-9-6-10-26-16(23-24-18(15)26)11-21-19(27)14-8-5-4-7-13(14)3/h4-10,12H,11H2,1-3H3,(H,21,27). The molecule has 3 aromatic heterocycles. The van der Waals surface area contributed by atoms with Crippen LogP contribution in [0.3, 0.4) is 0 Å².